The van der Waals surface area contributed by atoms with Crippen LogP contribution >= 0.6 is 23.1 Å². The van der Waals surface area contributed by atoms with Crippen molar-refractivity contribution in [1.82, 2.24) is 15.0 Å². The van der Waals surface area contributed by atoms with Gasteiger partial charge in [-0.25, -0.2) is 15.0 Å². The number of hydrogen-bond donors (Lipinski definition) is 2. The van der Waals surface area contributed by atoms with Gasteiger partial charge in [0.05, 0.1) is 0 Å². The maximum absolute atomic E-state index is 4.78. The van der Waals surface area contributed by atoms with Crippen LogP contribution < -0.4 is 10.6 Å². The van der Waals surface area contributed by atoms with Gasteiger partial charge in [-0.05, 0) is 62.4 Å². The van der Waals surface area contributed by atoms with Crippen molar-refractivity contribution in [3.05, 3.63) is 59.4 Å². The molecular formula is C21H21N5S2. The number of aryl methyl sites for hydroxylation is 3. The van der Waals surface area contributed by atoms with Gasteiger partial charge >= 0.3 is 0 Å². The Labute approximate surface area is 172 Å². The first-order valence-corrected chi connectivity index (χ1v) is 11.0. The van der Waals surface area contributed by atoms with E-state index < -0.39 is 0 Å². The van der Waals surface area contributed by atoms with Crippen molar-refractivity contribution >= 4 is 55.8 Å². The molecule has 4 rings (SSSR count). The van der Waals surface area contributed by atoms with Crippen LogP contribution in [-0.4, -0.2) is 21.2 Å². The van der Waals surface area contributed by atoms with E-state index in [1.165, 1.54) is 27.4 Å². The van der Waals surface area contributed by atoms with Crippen LogP contribution in [0.3, 0.4) is 0 Å². The monoisotopic (exact) mass is 407 g/mol. The van der Waals surface area contributed by atoms with Crippen molar-refractivity contribution in [2.75, 3.05) is 16.9 Å². The number of nitrogens with zero attached hydrogens (tertiary/aromatic N) is 3. The summed E-state index contributed by atoms with van der Waals surface area (Å²) in [4.78, 5) is 16.0. The molecule has 0 saturated carbocycles. The second-order valence-corrected chi connectivity index (χ2v) is 8.39. The largest absolute Gasteiger partial charge is 0.338 e. The van der Waals surface area contributed by atoms with E-state index in [4.69, 9.17) is 4.98 Å². The van der Waals surface area contributed by atoms with Crippen LogP contribution in [0.25, 0.3) is 10.3 Å². The molecule has 0 unspecified atom stereocenters. The highest BCUT2D eigenvalue weighted by Gasteiger charge is 2.14. The van der Waals surface area contributed by atoms with Crippen LogP contribution in [0.4, 0.5) is 22.3 Å². The minimum atomic E-state index is 0.720. The summed E-state index contributed by atoms with van der Waals surface area (Å²) in [6, 6.07) is 14.5. The van der Waals surface area contributed by atoms with Crippen molar-refractivity contribution in [1.29, 1.82) is 0 Å². The predicted molar refractivity (Wildman–Crippen MR) is 121 cm³/mol. The third kappa shape index (κ3) is 3.81. The van der Waals surface area contributed by atoms with Gasteiger partial charge in [0.15, 0.2) is 15.8 Å². The van der Waals surface area contributed by atoms with Gasteiger partial charge in [0.25, 0.3) is 0 Å². The highest BCUT2D eigenvalue weighted by atomic mass is 32.2. The molecule has 0 saturated heterocycles. The molecule has 0 aliphatic heterocycles. The lowest BCUT2D eigenvalue weighted by Gasteiger charge is -2.09. The fourth-order valence-corrected chi connectivity index (χ4v) is 4.30. The number of fused-ring (bicyclic) bond motifs is 1. The van der Waals surface area contributed by atoms with Gasteiger partial charge in [-0.2, -0.15) is 0 Å². The molecule has 0 radical (unpaired) electrons. The number of rotatable bonds is 5. The molecule has 0 bridgehead atoms. The Balaban J connectivity index is 1.69. The quantitative estimate of drug-likeness (QED) is 0.383. The first kappa shape index (κ1) is 18.7. The molecular weight excluding hydrogens is 386 g/mol. The number of nitrogens with one attached hydrogen (secondary N) is 2. The number of anilines is 4. The standard InChI is InChI=1S/C21H21N5S2/c1-12-6-5-7-13(2)17(12)25-21-26-18-19(22-14(3)23-20(18)28-21)24-15-8-10-16(27-4)11-9-15/h5-11H,1-4H3,(H,25,26)(H,22,23,24). The average Bonchev–Trinajstić information content (AvgIpc) is 3.08. The van der Waals surface area contributed by atoms with Gasteiger partial charge in [0, 0.05) is 16.3 Å². The topological polar surface area (TPSA) is 62.7 Å². The Hall–Kier alpha value is -2.64. The Bertz CT molecular complexity index is 1120. The van der Waals surface area contributed by atoms with Crippen LogP contribution in [0.15, 0.2) is 47.4 Å². The number of benzene rings is 2. The number of thioether (sulfide) groups is 1. The van der Waals surface area contributed by atoms with Gasteiger partial charge in [0.1, 0.15) is 11.3 Å². The van der Waals surface area contributed by atoms with E-state index in [1.54, 1.807) is 11.8 Å². The normalized spacial score (nSPS) is 11.0. The van der Waals surface area contributed by atoms with Crippen molar-refractivity contribution in [3.63, 3.8) is 0 Å². The zero-order chi connectivity index (χ0) is 19.7. The maximum Gasteiger partial charge on any atom is 0.189 e. The van der Waals surface area contributed by atoms with E-state index in [0.717, 1.165) is 38.5 Å². The van der Waals surface area contributed by atoms with E-state index in [2.05, 4.69) is 83.2 Å². The van der Waals surface area contributed by atoms with E-state index in [9.17, 15) is 0 Å². The van der Waals surface area contributed by atoms with Crippen molar-refractivity contribution in [3.8, 4) is 0 Å². The average molecular weight is 408 g/mol. The fourth-order valence-electron chi connectivity index (χ4n) is 3.00. The second kappa shape index (κ2) is 7.77. The molecule has 0 fully saturated rings. The first-order chi connectivity index (χ1) is 13.5. The fraction of sp³-hybridized carbons (Fsp3) is 0.190. The molecule has 2 aromatic heterocycles. The highest BCUT2D eigenvalue weighted by Crippen LogP contribution is 2.33. The molecule has 2 aromatic carbocycles. The number of para-hydroxylation sites is 1. The summed E-state index contributed by atoms with van der Waals surface area (Å²) >= 11 is 3.26. The molecule has 7 heteroatoms. The lowest BCUT2D eigenvalue weighted by molar-refractivity contribution is 1.09. The summed E-state index contributed by atoms with van der Waals surface area (Å²) in [7, 11) is 0. The minimum Gasteiger partial charge on any atom is -0.338 e. The molecule has 2 N–H and O–H groups in total. The Morgan fingerprint density at radius 3 is 2.25 bits per heavy atom. The van der Waals surface area contributed by atoms with E-state index >= 15 is 0 Å². The van der Waals surface area contributed by atoms with E-state index in [1.807, 2.05) is 6.92 Å². The number of hydrogen-bond acceptors (Lipinski definition) is 7. The molecule has 4 aromatic rings. The number of aromatic nitrogens is 3. The summed E-state index contributed by atoms with van der Waals surface area (Å²) in [6.45, 7) is 6.09. The van der Waals surface area contributed by atoms with Gasteiger partial charge in [-0.15, -0.1) is 11.8 Å². The maximum atomic E-state index is 4.78. The zero-order valence-corrected chi connectivity index (χ0v) is 17.8. The van der Waals surface area contributed by atoms with Crippen LogP contribution in [0, 0.1) is 20.8 Å². The summed E-state index contributed by atoms with van der Waals surface area (Å²) in [5, 5.41) is 7.67. The minimum absolute atomic E-state index is 0.720. The molecule has 0 amide bonds. The van der Waals surface area contributed by atoms with Crippen molar-refractivity contribution in [2.24, 2.45) is 0 Å². The van der Waals surface area contributed by atoms with Crippen LogP contribution in [-0.2, 0) is 0 Å². The highest BCUT2D eigenvalue weighted by molar-refractivity contribution is 7.98. The van der Waals surface area contributed by atoms with Crippen LogP contribution in [0.1, 0.15) is 17.0 Å². The lowest BCUT2D eigenvalue weighted by atomic mass is 10.1. The smallest absolute Gasteiger partial charge is 0.189 e. The Morgan fingerprint density at radius 2 is 1.57 bits per heavy atom. The summed E-state index contributed by atoms with van der Waals surface area (Å²) < 4.78 is 0. The van der Waals surface area contributed by atoms with Crippen molar-refractivity contribution in [2.45, 2.75) is 25.7 Å². The third-order valence-corrected chi connectivity index (χ3v) is 6.04. The predicted octanol–water partition coefficient (Wildman–Crippen LogP) is 6.22. The van der Waals surface area contributed by atoms with Crippen molar-refractivity contribution < 1.29 is 0 Å². The van der Waals surface area contributed by atoms with E-state index in [-0.39, 0.29) is 0 Å². The van der Waals surface area contributed by atoms with Crippen LogP contribution in [0.2, 0.25) is 0 Å². The van der Waals surface area contributed by atoms with E-state index in [0.29, 0.717) is 0 Å². The zero-order valence-electron chi connectivity index (χ0n) is 16.2. The van der Waals surface area contributed by atoms with Gasteiger partial charge in [0.2, 0.25) is 0 Å². The molecule has 0 aliphatic rings. The summed E-state index contributed by atoms with van der Waals surface area (Å²) in [5.74, 6) is 1.45. The number of thiazole rings is 1. The SMILES string of the molecule is CSc1ccc(Nc2nc(C)nc3sc(Nc4c(C)cccc4C)nc23)cc1. The molecule has 28 heavy (non-hydrogen) atoms. The first-order valence-electron chi connectivity index (χ1n) is 8.93. The Morgan fingerprint density at radius 1 is 0.857 bits per heavy atom. The molecule has 0 atom stereocenters. The summed E-state index contributed by atoms with van der Waals surface area (Å²) in [6.07, 6.45) is 2.07. The molecule has 5 nitrogen and oxygen atoms in total. The Kier molecular flexibility index (Phi) is 5.19. The van der Waals surface area contributed by atoms with Gasteiger partial charge in [-0.1, -0.05) is 29.5 Å². The van der Waals surface area contributed by atoms with Gasteiger partial charge < -0.3 is 10.6 Å². The molecule has 0 spiro atoms. The third-order valence-electron chi connectivity index (χ3n) is 4.44. The molecule has 0 aliphatic carbocycles. The lowest BCUT2D eigenvalue weighted by Crippen LogP contribution is -1.98. The van der Waals surface area contributed by atoms with Gasteiger partial charge in [-0.3, -0.25) is 0 Å². The second-order valence-electron chi connectivity index (χ2n) is 6.54. The summed E-state index contributed by atoms with van der Waals surface area (Å²) in [5.41, 5.74) is 5.23. The molecule has 2 heterocycles. The molecule has 142 valence electrons. The van der Waals surface area contributed by atoms with Crippen LogP contribution in [0.5, 0.6) is 0 Å².